The highest BCUT2D eigenvalue weighted by molar-refractivity contribution is 5.84. The van der Waals surface area contributed by atoms with Gasteiger partial charge in [0, 0.05) is 30.2 Å². The molecule has 0 spiro atoms. The number of hydrogen-bond acceptors (Lipinski definition) is 4. The Morgan fingerprint density at radius 2 is 1.83 bits per heavy atom. The van der Waals surface area contributed by atoms with Gasteiger partial charge in [-0.2, -0.15) is 5.10 Å². The van der Waals surface area contributed by atoms with Crippen molar-refractivity contribution < 1.29 is 0 Å². The van der Waals surface area contributed by atoms with Crippen LogP contribution in [-0.2, 0) is 0 Å². The van der Waals surface area contributed by atoms with E-state index in [1.165, 1.54) is 0 Å². The van der Waals surface area contributed by atoms with Crippen molar-refractivity contribution in [2.75, 3.05) is 0 Å². The summed E-state index contributed by atoms with van der Waals surface area (Å²) in [6.07, 6.45) is 7.07. The molecular formula is C17H16N6. The van der Waals surface area contributed by atoms with Crippen molar-refractivity contribution in [2.45, 2.75) is 19.9 Å². The molecule has 0 atom stereocenters. The summed E-state index contributed by atoms with van der Waals surface area (Å²) in [5, 5.41) is 4.62. The van der Waals surface area contributed by atoms with Crippen LogP contribution in [0.3, 0.4) is 0 Å². The van der Waals surface area contributed by atoms with Gasteiger partial charge >= 0.3 is 0 Å². The molecule has 0 radical (unpaired) electrons. The Morgan fingerprint density at radius 3 is 2.61 bits per heavy atom. The molecule has 3 heterocycles. The molecule has 0 amide bonds. The summed E-state index contributed by atoms with van der Waals surface area (Å²) < 4.78 is 1.94. The zero-order chi connectivity index (χ0) is 15.8. The largest absolute Gasteiger partial charge is 0.343 e. The van der Waals surface area contributed by atoms with Crippen molar-refractivity contribution in [3.63, 3.8) is 0 Å². The Kier molecular flexibility index (Phi) is 3.15. The van der Waals surface area contributed by atoms with Crippen molar-refractivity contribution in [1.29, 1.82) is 0 Å². The highest BCUT2D eigenvalue weighted by Gasteiger charge is 2.14. The summed E-state index contributed by atoms with van der Waals surface area (Å²) in [6, 6.07) is 8.30. The van der Waals surface area contributed by atoms with Gasteiger partial charge in [-0.15, -0.1) is 0 Å². The van der Waals surface area contributed by atoms with Gasteiger partial charge in [-0.25, -0.2) is 4.98 Å². The Balaban J connectivity index is 1.81. The fourth-order valence-electron chi connectivity index (χ4n) is 2.58. The number of rotatable bonds is 3. The number of nitrogens with zero attached hydrogens (tertiary/aromatic N) is 5. The maximum absolute atomic E-state index is 4.62. The van der Waals surface area contributed by atoms with E-state index in [2.05, 4.69) is 38.9 Å². The van der Waals surface area contributed by atoms with Crippen molar-refractivity contribution >= 4 is 11.0 Å². The lowest BCUT2D eigenvalue weighted by molar-refractivity contribution is 0.534. The van der Waals surface area contributed by atoms with Crippen LogP contribution in [0.25, 0.3) is 33.7 Å². The van der Waals surface area contributed by atoms with Crippen LogP contribution in [0.5, 0.6) is 0 Å². The Hall–Kier alpha value is -3.02. The Labute approximate surface area is 133 Å². The number of aromatic nitrogens is 6. The third kappa shape index (κ3) is 2.38. The molecule has 0 fully saturated rings. The Bertz CT molecular complexity index is 966. The molecule has 4 rings (SSSR count). The number of H-pyrrole nitrogens is 1. The van der Waals surface area contributed by atoms with Crippen molar-refractivity contribution in [3.8, 4) is 22.6 Å². The minimum Gasteiger partial charge on any atom is -0.343 e. The molecule has 4 aromatic rings. The van der Waals surface area contributed by atoms with Crippen LogP contribution < -0.4 is 0 Å². The lowest BCUT2D eigenvalue weighted by Crippen LogP contribution is -2.00. The Morgan fingerprint density at radius 1 is 1.00 bits per heavy atom. The first-order chi connectivity index (χ1) is 11.2. The van der Waals surface area contributed by atoms with Crippen LogP contribution >= 0.6 is 0 Å². The fraction of sp³-hybridized carbons (Fsp3) is 0.176. The van der Waals surface area contributed by atoms with Gasteiger partial charge < -0.3 is 4.98 Å². The molecule has 114 valence electrons. The minimum atomic E-state index is 0.325. The van der Waals surface area contributed by atoms with E-state index < -0.39 is 0 Å². The van der Waals surface area contributed by atoms with Crippen LogP contribution in [0.4, 0.5) is 0 Å². The standard InChI is InChI=1S/C17H16N6/c1-11(2)23-8-5-14(22-23)17-16(20-10-21-17)12-3-4-13-15(9-12)19-7-6-18-13/h3-11H,1-2H3,(H,20,21). The predicted molar refractivity (Wildman–Crippen MR) is 88.7 cm³/mol. The molecule has 3 aromatic heterocycles. The van der Waals surface area contributed by atoms with E-state index in [4.69, 9.17) is 0 Å². The SMILES string of the molecule is CC(C)n1ccc(-c2[nH]cnc2-c2ccc3nccnc3c2)n1. The molecule has 23 heavy (non-hydrogen) atoms. The fourth-order valence-corrected chi connectivity index (χ4v) is 2.58. The number of fused-ring (bicyclic) bond motifs is 1. The van der Waals surface area contributed by atoms with Crippen LogP contribution in [0.15, 0.2) is 49.2 Å². The summed E-state index contributed by atoms with van der Waals surface area (Å²) in [4.78, 5) is 16.3. The number of aromatic amines is 1. The van der Waals surface area contributed by atoms with E-state index in [1.54, 1.807) is 18.7 Å². The number of benzene rings is 1. The van der Waals surface area contributed by atoms with E-state index >= 15 is 0 Å². The second-order valence-corrected chi connectivity index (χ2v) is 5.66. The quantitative estimate of drug-likeness (QED) is 0.629. The molecule has 1 aromatic carbocycles. The summed E-state index contributed by atoms with van der Waals surface area (Å²) in [7, 11) is 0. The second kappa shape index (κ2) is 5.31. The van der Waals surface area contributed by atoms with Gasteiger partial charge in [0.25, 0.3) is 0 Å². The average molecular weight is 304 g/mol. The second-order valence-electron chi connectivity index (χ2n) is 5.66. The van der Waals surface area contributed by atoms with Crippen LogP contribution in [0.2, 0.25) is 0 Å². The molecule has 0 unspecified atom stereocenters. The van der Waals surface area contributed by atoms with Crippen molar-refractivity contribution in [1.82, 2.24) is 29.7 Å². The summed E-state index contributed by atoms with van der Waals surface area (Å²) in [5.41, 5.74) is 5.38. The minimum absolute atomic E-state index is 0.325. The van der Waals surface area contributed by atoms with E-state index in [9.17, 15) is 0 Å². The number of hydrogen-bond donors (Lipinski definition) is 1. The monoisotopic (exact) mass is 304 g/mol. The van der Waals surface area contributed by atoms with Crippen LogP contribution in [0.1, 0.15) is 19.9 Å². The number of nitrogens with one attached hydrogen (secondary N) is 1. The molecule has 0 aliphatic rings. The maximum Gasteiger partial charge on any atom is 0.111 e. The third-order valence-electron chi connectivity index (χ3n) is 3.78. The zero-order valence-corrected chi connectivity index (χ0v) is 12.9. The van der Waals surface area contributed by atoms with Gasteiger partial charge in [-0.1, -0.05) is 6.07 Å². The van der Waals surface area contributed by atoms with Crippen molar-refractivity contribution in [2.24, 2.45) is 0 Å². The molecule has 6 nitrogen and oxygen atoms in total. The van der Waals surface area contributed by atoms with E-state index in [1.807, 2.05) is 35.1 Å². The van der Waals surface area contributed by atoms with Gasteiger partial charge in [-0.3, -0.25) is 14.6 Å². The predicted octanol–water partition coefficient (Wildman–Crippen LogP) is 3.46. The maximum atomic E-state index is 4.62. The molecule has 0 saturated heterocycles. The van der Waals surface area contributed by atoms with E-state index in [-0.39, 0.29) is 0 Å². The van der Waals surface area contributed by atoms with Crippen LogP contribution in [0, 0.1) is 0 Å². The van der Waals surface area contributed by atoms with Gasteiger partial charge in [0.2, 0.25) is 0 Å². The van der Waals surface area contributed by atoms with Gasteiger partial charge in [0.05, 0.1) is 28.7 Å². The van der Waals surface area contributed by atoms with Gasteiger partial charge in [-0.05, 0) is 32.0 Å². The molecule has 1 N–H and O–H groups in total. The number of imidazole rings is 1. The molecule has 0 saturated carbocycles. The van der Waals surface area contributed by atoms with Crippen LogP contribution in [-0.4, -0.2) is 29.7 Å². The topological polar surface area (TPSA) is 72.3 Å². The summed E-state index contributed by atoms with van der Waals surface area (Å²) >= 11 is 0. The molecule has 0 bridgehead atoms. The lowest BCUT2D eigenvalue weighted by Gasteiger charge is -2.04. The highest BCUT2D eigenvalue weighted by atomic mass is 15.3. The van der Waals surface area contributed by atoms with Gasteiger partial charge in [0.15, 0.2) is 0 Å². The third-order valence-corrected chi connectivity index (χ3v) is 3.78. The first kappa shape index (κ1) is 13.6. The van der Waals surface area contributed by atoms with E-state index in [0.717, 1.165) is 33.7 Å². The highest BCUT2D eigenvalue weighted by Crippen LogP contribution is 2.29. The average Bonchev–Trinajstić information content (AvgIpc) is 3.23. The van der Waals surface area contributed by atoms with Gasteiger partial charge in [0.1, 0.15) is 5.69 Å². The molecular weight excluding hydrogens is 288 g/mol. The lowest BCUT2D eigenvalue weighted by atomic mass is 10.1. The van der Waals surface area contributed by atoms with Crippen molar-refractivity contribution in [3.05, 3.63) is 49.2 Å². The molecule has 6 heteroatoms. The first-order valence-electron chi connectivity index (χ1n) is 7.52. The molecule has 0 aliphatic carbocycles. The summed E-state index contributed by atoms with van der Waals surface area (Å²) in [6.45, 7) is 4.21. The molecule has 0 aliphatic heterocycles. The normalized spacial score (nSPS) is 11.4. The zero-order valence-electron chi connectivity index (χ0n) is 12.9. The smallest absolute Gasteiger partial charge is 0.111 e. The summed E-state index contributed by atoms with van der Waals surface area (Å²) in [5.74, 6) is 0. The first-order valence-corrected chi connectivity index (χ1v) is 7.52. The van der Waals surface area contributed by atoms with E-state index in [0.29, 0.717) is 6.04 Å².